The van der Waals surface area contributed by atoms with Crippen LogP contribution in [0.1, 0.15) is 25.0 Å². The summed E-state index contributed by atoms with van der Waals surface area (Å²) in [4.78, 5) is 40.4. The normalized spacial score (nSPS) is 21.0. The van der Waals surface area contributed by atoms with Gasteiger partial charge >= 0.3 is 5.97 Å². The number of ether oxygens (including phenoxy) is 1. The van der Waals surface area contributed by atoms with E-state index in [0.29, 0.717) is 13.1 Å². The molecule has 0 aliphatic carbocycles. The summed E-state index contributed by atoms with van der Waals surface area (Å²) in [5, 5.41) is 12.5. The van der Waals surface area contributed by atoms with Crippen molar-refractivity contribution in [3.8, 4) is 0 Å². The number of rotatable bonds is 9. The third-order valence-electron chi connectivity index (χ3n) is 5.91. The second-order valence-corrected chi connectivity index (χ2v) is 8.06. The van der Waals surface area contributed by atoms with Crippen molar-refractivity contribution in [1.29, 1.82) is 0 Å². The average Bonchev–Trinajstić information content (AvgIpc) is 3.15. The fourth-order valence-electron chi connectivity index (χ4n) is 4.35. The second kappa shape index (κ2) is 10.9. The summed E-state index contributed by atoms with van der Waals surface area (Å²) in [6.45, 7) is 3.93. The molecule has 2 aromatic rings. The van der Waals surface area contributed by atoms with E-state index in [1.165, 1.54) is 0 Å². The van der Waals surface area contributed by atoms with E-state index in [1.54, 1.807) is 18.7 Å². The quantitative estimate of drug-likeness (QED) is 0.462. The SMILES string of the molecule is CCOC(=O)[C@@H]1C(=O)N[C@H](CO)[C@H]1[C@H](C)C(=O)N(Cc1ccccc1)Cc1ccccc1. The molecule has 1 heterocycles. The van der Waals surface area contributed by atoms with E-state index < -0.39 is 35.7 Å². The highest BCUT2D eigenvalue weighted by Gasteiger charge is 2.51. The molecule has 0 saturated carbocycles. The van der Waals surface area contributed by atoms with Crippen molar-refractivity contribution < 1.29 is 24.2 Å². The van der Waals surface area contributed by atoms with Crippen LogP contribution in [0.3, 0.4) is 0 Å². The maximum Gasteiger partial charge on any atom is 0.318 e. The van der Waals surface area contributed by atoms with Crippen LogP contribution in [0.2, 0.25) is 0 Å². The van der Waals surface area contributed by atoms with E-state index in [4.69, 9.17) is 4.74 Å². The molecule has 0 aromatic heterocycles. The van der Waals surface area contributed by atoms with Crippen LogP contribution in [0.15, 0.2) is 60.7 Å². The first-order chi connectivity index (χ1) is 15.5. The van der Waals surface area contributed by atoms with Gasteiger partial charge in [0, 0.05) is 24.9 Å². The number of aliphatic hydroxyl groups is 1. The fraction of sp³-hybridized carbons (Fsp3) is 0.400. The number of benzene rings is 2. The molecule has 0 unspecified atom stereocenters. The molecule has 3 rings (SSSR count). The van der Waals surface area contributed by atoms with Gasteiger partial charge < -0.3 is 20.1 Å². The molecule has 4 atom stereocenters. The maximum atomic E-state index is 13.7. The van der Waals surface area contributed by atoms with Gasteiger partial charge in [-0.15, -0.1) is 0 Å². The zero-order valence-corrected chi connectivity index (χ0v) is 18.4. The molecule has 0 radical (unpaired) electrons. The van der Waals surface area contributed by atoms with E-state index in [9.17, 15) is 19.5 Å². The Morgan fingerprint density at radius 2 is 1.56 bits per heavy atom. The Balaban J connectivity index is 1.88. The van der Waals surface area contributed by atoms with Crippen molar-refractivity contribution in [3.63, 3.8) is 0 Å². The molecule has 1 aliphatic rings. The van der Waals surface area contributed by atoms with Gasteiger partial charge in [-0.3, -0.25) is 14.4 Å². The van der Waals surface area contributed by atoms with Crippen molar-refractivity contribution >= 4 is 17.8 Å². The second-order valence-electron chi connectivity index (χ2n) is 8.06. The molecular weight excluding hydrogens is 408 g/mol. The van der Waals surface area contributed by atoms with Gasteiger partial charge in [-0.25, -0.2) is 0 Å². The highest BCUT2D eigenvalue weighted by molar-refractivity contribution is 6.01. The number of esters is 1. The predicted octanol–water partition coefficient (Wildman–Crippen LogP) is 2.14. The van der Waals surface area contributed by atoms with Gasteiger partial charge in [0.05, 0.1) is 19.3 Å². The number of hydrogen-bond acceptors (Lipinski definition) is 5. The first-order valence-corrected chi connectivity index (χ1v) is 10.9. The monoisotopic (exact) mass is 438 g/mol. The Kier molecular flexibility index (Phi) is 8.00. The summed E-state index contributed by atoms with van der Waals surface area (Å²) in [5.41, 5.74) is 1.95. The van der Waals surface area contributed by atoms with Gasteiger partial charge in [-0.2, -0.15) is 0 Å². The lowest BCUT2D eigenvalue weighted by Crippen LogP contribution is -2.44. The van der Waals surface area contributed by atoms with Crippen LogP contribution < -0.4 is 5.32 Å². The predicted molar refractivity (Wildman–Crippen MR) is 119 cm³/mol. The number of carbonyl (C=O) groups is 3. The first-order valence-electron chi connectivity index (χ1n) is 10.9. The zero-order chi connectivity index (χ0) is 23.1. The molecule has 7 heteroatoms. The summed E-state index contributed by atoms with van der Waals surface area (Å²) in [6.07, 6.45) is 0. The van der Waals surface area contributed by atoms with Crippen molar-refractivity contribution in [2.75, 3.05) is 13.2 Å². The summed E-state index contributed by atoms with van der Waals surface area (Å²) in [6, 6.07) is 18.6. The number of nitrogens with zero attached hydrogens (tertiary/aromatic N) is 1. The number of carbonyl (C=O) groups excluding carboxylic acids is 3. The minimum atomic E-state index is -1.12. The van der Waals surface area contributed by atoms with E-state index >= 15 is 0 Å². The van der Waals surface area contributed by atoms with E-state index in [2.05, 4.69) is 5.32 Å². The molecule has 2 N–H and O–H groups in total. The molecule has 2 aromatic carbocycles. The largest absolute Gasteiger partial charge is 0.465 e. The van der Waals surface area contributed by atoms with Crippen LogP contribution in [0.5, 0.6) is 0 Å². The van der Waals surface area contributed by atoms with Gasteiger partial charge in [0.15, 0.2) is 0 Å². The van der Waals surface area contributed by atoms with Crippen molar-refractivity contribution in [2.24, 2.45) is 17.8 Å². The molecule has 1 aliphatic heterocycles. The smallest absolute Gasteiger partial charge is 0.318 e. The van der Waals surface area contributed by atoms with Crippen LogP contribution in [0.4, 0.5) is 0 Å². The molecule has 0 bridgehead atoms. The summed E-state index contributed by atoms with van der Waals surface area (Å²) >= 11 is 0. The lowest BCUT2D eigenvalue weighted by molar-refractivity contribution is -0.154. The molecule has 7 nitrogen and oxygen atoms in total. The average molecular weight is 439 g/mol. The molecule has 32 heavy (non-hydrogen) atoms. The van der Waals surface area contributed by atoms with Crippen LogP contribution in [0, 0.1) is 17.8 Å². The standard InChI is InChI=1S/C25H30N2O5/c1-3-32-25(31)22-21(20(16-28)26-23(22)29)17(2)24(30)27(14-18-10-6-4-7-11-18)15-19-12-8-5-9-13-19/h4-13,17,20-22,28H,3,14-16H2,1-2H3,(H,26,29)/t17-,20+,21+,22-/m0/s1. The van der Waals surface area contributed by atoms with Gasteiger partial charge in [0.25, 0.3) is 0 Å². The van der Waals surface area contributed by atoms with E-state index in [-0.39, 0.29) is 19.1 Å². The van der Waals surface area contributed by atoms with E-state index in [0.717, 1.165) is 11.1 Å². The number of hydrogen-bond donors (Lipinski definition) is 2. The van der Waals surface area contributed by atoms with Crippen LogP contribution in [0.25, 0.3) is 0 Å². The minimum Gasteiger partial charge on any atom is -0.465 e. The topological polar surface area (TPSA) is 95.9 Å². The Hall–Kier alpha value is -3.19. The van der Waals surface area contributed by atoms with Crippen molar-refractivity contribution in [2.45, 2.75) is 33.0 Å². The fourth-order valence-corrected chi connectivity index (χ4v) is 4.35. The van der Waals surface area contributed by atoms with Gasteiger partial charge in [0.2, 0.25) is 11.8 Å². The third-order valence-corrected chi connectivity index (χ3v) is 5.91. The number of nitrogens with one attached hydrogen (secondary N) is 1. The highest BCUT2D eigenvalue weighted by Crippen LogP contribution is 2.33. The summed E-state index contributed by atoms with van der Waals surface area (Å²) in [5.74, 6) is -3.87. The maximum absolute atomic E-state index is 13.7. The molecule has 170 valence electrons. The Bertz CT molecular complexity index is 877. The van der Waals surface area contributed by atoms with Gasteiger partial charge in [-0.05, 0) is 18.1 Å². The lowest BCUT2D eigenvalue weighted by atomic mass is 9.79. The van der Waals surface area contributed by atoms with Crippen LogP contribution in [-0.4, -0.2) is 47.0 Å². The van der Waals surface area contributed by atoms with E-state index in [1.807, 2.05) is 60.7 Å². The Morgan fingerprint density at radius 1 is 1.03 bits per heavy atom. The van der Waals surface area contributed by atoms with Gasteiger partial charge in [0.1, 0.15) is 5.92 Å². The lowest BCUT2D eigenvalue weighted by Gasteiger charge is -2.31. The Morgan fingerprint density at radius 3 is 2.03 bits per heavy atom. The molecular formula is C25H30N2O5. The molecule has 0 spiro atoms. The first kappa shape index (κ1) is 23.5. The third kappa shape index (κ3) is 5.34. The van der Waals surface area contributed by atoms with Crippen LogP contribution in [-0.2, 0) is 32.2 Å². The van der Waals surface area contributed by atoms with Crippen molar-refractivity contribution in [1.82, 2.24) is 10.2 Å². The zero-order valence-electron chi connectivity index (χ0n) is 18.4. The van der Waals surface area contributed by atoms with Crippen LogP contribution >= 0.6 is 0 Å². The summed E-state index contributed by atoms with van der Waals surface area (Å²) in [7, 11) is 0. The molecule has 1 saturated heterocycles. The molecule has 2 amide bonds. The van der Waals surface area contributed by atoms with Gasteiger partial charge in [-0.1, -0.05) is 67.6 Å². The molecule has 1 fully saturated rings. The highest BCUT2D eigenvalue weighted by atomic mass is 16.5. The van der Waals surface area contributed by atoms with Crippen molar-refractivity contribution in [3.05, 3.63) is 71.8 Å². The summed E-state index contributed by atoms with van der Waals surface area (Å²) < 4.78 is 5.09. The number of aliphatic hydroxyl groups excluding tert-OH is 1. The number of amides is 2. The Labute approximate surface area is 188 Å². The minimum absolute atomic E-state index is 0.135.